The SMILES string of the molecule is COc1cc(N2CC(=O)NC(C(C)(C)C)C2=O)ccc1Cl. The third-order valence-electron chi connectivity index (χ3n) is 3.43. The molecule has 1 heterocycles. The molecule has 0 aliphatic carbocycles. The van der Waals surface area contributed by atoms with E-state index in [4.69, 9.17) is 16.3 Å². The molecule has 0 radical (unpaired) electrons. The molecule has 0 bridgehead atoms. The summed E-state index contributed by atoms with van der Waals surface area (Å²) in [6, 6.07) is 4.47. The molecule has 2 rings (SSSR count). The van der Waals surface area contributed by atoms with Crippen molar-refractivity contribution in [3.05, 3.63) is 23.2 Å². The number of nitrogens with zero attached hydrogens (tertiary/aromatic N) is 1. The van der Waals surface area contributed by atoms with Crippen molar-refractivity contribution in [2.45, 2.75) is 26.8 Å². The van der Waals surface area contributed by atoms with E-state index in [1.165, 1.54) is 12.0 Å². The second-order valence-corrected chi connectivity index (χ2v) is 6.52. The number of hydrogen-bond donors (Lipinski definition) is 1. The molecule has 5 nitrogen and oxygen atoms in total. The van der Waals surface area contributed by atoms with E-state index in [1.54, 1.807) is 18.2 Å². The van der Waals surface area contributed by atoms with E-state index in [1.807, 2.05) is 20.8 Å². The number of carbonyl (C=O) groups is 2. The number of piperazine rings is 1. The summed E-state index contributed by atoms with van der Waals surface area (Å²) >= 11 is 5.99. The highest BCUT2D eigenvalue weighted by Gasteiger charge is 2.40. The van der Waals surface area contributed by atoms with Crippen LogP contribution in [0.1, 0.15) is 20.8 Å². The standard InChI is InChI=1S/C15H19ClN2O3/c1-15(2,3)13-14(20)18(8-12(19)17-13)9-5-6-10(16)11(7-9)21-4/h5-7,13H,8H2,1-4H3,(H,17,19). The molecule has 1 saturated heterocycles. The van der Waals surface area contributed by atoms with Crippen molar-refractivity contribution in [1.29, 1.82) is 0 Å². The number of nitrogens with one attached hydrogen (secondary N) is 1. The summed E-state index contributed by atoms with van der Waals surface area (Å²) in [5.41, 5.74) is 0.243. The lowest BCUT2D eigenvalue weighted by molar-refractivity contribution is -0.133. The molecule has 6 heteroatoms. The minimum atomic E-state index is -0.555. The van der Waals surface area contributed by atoms with Gasteiger partial charge in [-0.05, 0) is 17.5 Å². The fourth-order valence-corrected chi connectivity index (χ4v) is 2.46. The van der Waals surface area contributed by atoms with Crippen molar-refractivity contribution in [3.8, 4) is 5.75 Å². The zero-order chi connectivity index (χ0) is 15.8. The highest BCUT2D eigenvalue weighted by molar-refractivity contribution is 6.32. The van der Waals surface area contributed by atoms with Crippen molar-refractivity contribution in [2.75, 3.05) is 18.6 Å². The fourth-order valence-electron chi connectivity index (χ4n) is 2.27. The molecule has 1 aromatic rings. The summed E-state index contributed by atoms with van der Waals surface area (Å²) in [5.74, 6) is 0.162. The lowest BCUT2D eigenvalue weighted by Gasteiger charge is -2.38. The van der Waals surface area contributed by atoms with Crippen molar-refractivity contribution < 1.29 is 14.3 Å². The van der Waals surface area contributed by atoms with Crippen LogP contribution in [0.4, 0.5) is 5.69 Å². The van der Waals surface area contributed by atoms with E-state index < -0.39 is 6.04 Å². The largest absolute Gasteiger partial charge is 0.495 e. The van der Waals surface area contributed by atoms with Crippen LogP contribution in [0.15, 0.2) is 18.2 Å². The van der Waals surface area contributed by atoms with Crippen LogP contribution in [0.5, 0.6) is 5.75 Å². The molecule has 0 saturated carbocycles. The molecule has 2 amide bonds. The van der Waals surface area contributed by atoms with E-state index in [0.717, 1.165) is 0 Å². The maximum absolute atomic E-state index is 12.6. The van der Waals surface area contributed by atoms with Gasteiger partial charge < -0.3 is 15.0 Å². The zero-order valence-electron chi connectivity index (χ0n) is 12.6. The predicted molar refractivity (Wildman–Crippen MR) is 81.7 cm³/mol. The van der Waals surface area contributed by atoms with E-state index in [-0.39, 0.29) is 23.8 Å². The van der Waals surface area contributed by atoms with Crippen LogP contribution in [0.2, 0.25) is 5.02 Å². The molecule has 0 aromatic heterocycles. The van der Waals surface area contributed by atoms with Gasteiger partial charge in [0.15, 0.2) is 0 Å². The molecule has 0 spiro atoms. The number of amides is 2. The average Bonchev–Trinajstić information content (AvgIpc) is 2.40. The minimum absolute atomic E-state index is 0.00377. The van der Waals surface area contributed by atoms with E-state index in [2.05, 4.69) is 5.32 Å². The Morgan fingerprint density at radius 1 is 1.33 bits per heavy atom. The van der Waals surface area contributed by atoms with Gasteiger partial charge in [-0.2, -0.15) is 0 Å². The molecule has 114 valence electrons. The summed E-state index contributed by atoms with van der Waals surface area (Å²) in [6.45, 7) is 5.75. The first-order valence-electron chi connectivity index (χ1n) is 6.68. The third-order valence-corrected chi connectivity index (χ3v) is 3.74. The van der Waals surface area contributed by atoms with Crippen LogP contribution in [0.25, 0.3) is 0 Å². The van der Waals surface area contributed by atoms with Gasteiger partial charge in [0.2, 0.25) is 5.91 Å². The van der Waals surface area contributed by atoms with Crippen LogP contribution in [-0.2, 0) is 9.59 Å². The van der Waals surface area contributed by atoms with Gasteiger partial charge in [-0.1, -0.05) is 32.4 Å². The molecule has 1 aliphatic heterocycles. The summed E-state index contributed by atoms with van der Waals surface area (Å²) in [6.07, 6.45) is 0. The van der Waals surface area contributed by atoms with Gasteiger partial charge >= 0.3 is 0 Å². The number of rotatable bonds is 2. The topological polar surface area (TPSA) is 58.6 Å². The Morgan fingerprint density at radius 3 is 2.57 bits per heavy atom. The number of ether oxygens (including phenoxy) is 1. The highest BCUT2D eigenvalue weighted by Crippen LogP contribution is 2.32. The Hall–Kier alpha value is -1.75. The monoisotopic (exact) mass is 310 g/mol. The molecular weight excluding hydrogens is 292 g/mol. The molecule has 1 N–H and O–H groups in total. The van der Waals surface area contributed by atoms with Crippen LogP contribution < -0.4 is 15.0 Å². The number of halogens is 1. The minimum Gasteiger partial charge on any atom is -0.495 e. The molecule has 1 fully saturated rings. The number of anilines is 1. The van der Waals surface area contributed by atoms with Crippen molar-refractivity contribution >= 4 is 29.1 Å². The van der Waals surface area contributed by atoms with Gasteiger partial charge in [0, 0.05) is 11.8 Å². The lowest BCUT2D eigenvalue weighted by Crippen LogP contribution is -2.62. The molecule has 1 aromatic carbocycles. The first-order chi connectivity index (χ1) is 9.74. The Labute approximate surface area is 129 Å². The van der Waals surface area contributed by atoms with Crippen LogP contribution in [-0.4, -0.2) is 31.5 Å². The Morgan fingerprint density at radius 2 is 2.00 bits per heavy atom. The first kappa shape index (κ1) is 15.6. The molecule has 1 aliphatic rings. The van der Waals surface area contributed by atoms with Gasteiger partial charge in [0.05, 0.1) is 12.1 Å². The second-order valence-electron chi connectivity index (χ2n) is 6.11. The number of hydrogen-bond acceptors (Lipinski definition) is 3. The quantitative estimate of drug-likeness (QED) is 0.911. The fraction of sp³-hybridized carbons (Fsp3) is 0.467. The summed E-state index contributed by atoms with van der Waals surface area (Å²) in [7, 11) is 1.51. The number of methoxy groups -OCH3 is 1. The highest BCUT2D eigenvalue weighted by atomic mass is 35.5. The maximum atomic E-state index is 12.6. The van der Waals surface area contributed by atoms with Gasteiger partial charge in [-0.25, -0.2) is 0 Å². The van der Waals surface area contributed by atoms with Gasteiger partial charge in [0.1, 0.15) is 18.3 Å². The average molecular weight is 311 g/mol. The van der Waals surface area contributed by atoms with E-state index in [0.29, 0.717) is 16.5 Å². The predicted octanol–water partition coefficient (Wildman–Crippen LogP) is 2.23. The van der Waals surface area contributed by atoms with E-state index in [9.17, 15) is 9.59 Å². The summed E-state index contributed by atoms with van der Waals surface area (Å²) in [5, 5.41) is 3.22. The van der Waals surface area contributed by atoms with Crippen LogP contribution >= 0.6 is 11.6 Å². The molecule has 21 heavy (non-hydrogen) atoms. The lowest BCUT2D eigenvalue weighted by atomic mass is 9.84. The van der Waals surface area contributed by atoms with Crippen molar-refractivity contribution in [2.24, 2.45) is 5.41 Å². The Kier molecular flexibility index (Phi) is 4.14. The third kappa shape index (κ3) is 3.13. The van der Waals surface area contributed by atoms with Gasteiger partial charge in [-0.3, -0.25) is 9.59 Å². The van der Waals surface area contributed by atoms with Crippen molar-refractivity contribution in [3.63, 3.8) is 0 Å². The van der Waals surface area contributed by atoms with Crippen LogP contribution in [0.3, 0.4) is 0 Å². The Balaban J connectivity index is 2.38. The molecule has 1 unspecified atom stereocenters. The van der Waals surface area contributed by atoms with Crippen molar-refractivity contribution in [1.82, 2.24) is 5.32 Å². The van der Waals surface area contributed by atoms with E-state index >= 15 is 0 Å². The smallest absolute Gasteiger partial charge is 0.250 e. The summed E-state index contributed by atoms with van der Waals surface area (Å²) < 4.78 is 5.16. The molecule has 1 atom stereocenters. The number of carbonyl (C=O) groups excluding carboxylic acids is 2. The second kappa shape index (κ2) is 5.56. The number of benzene rings is 1. The van der Waals surface area contributed by atoms with Gasteiger partial charge in [-0.15, -0.1) is 0 Å². The normalized spacial score (nSPS) is 19.5. The first-order valence-corrected chi connectivity index (χ1v) is 7.06. The van der Waals surface area contributed by atoms with Crippen LogP contribution in [0, 0.1) is 5.41 Å². The Bertz CT molecular complexity index is 581. The zero-order valence-corrected chi connectivity index (χ0v) is 13.3. The van der Waals surface area contributed by atoms with Gasteiger partial charge in [0.25, 0.3) is 5.91 Å². The maximum Gasteiger partial charge on any atom is 0.250 e. The molecular formula is C15H19ClN2O3. The summed E-state index contributed by atoms with van der Waals surface area (Å²) in [4.78, 5) is 26.0.